The van der Waals surface area contributed by atoms with Crippen LogP contribution in [0.25, 0.3) is 0 Å². The predicted octanol–water partition coefficient (Wildman–Crippen LogP) is 2.26. The first-order valence-electron chi connectivity index (χ1n) is 5.62. The Morgan fingerprint density at radius 2 is 1.82 bits per heavy atom. The van der Waals surface area contributed by atoms with Crippen LogP contribution in [-0.4, -0.2) is 30.3 Å². The first kappa shape index (κ1) is 14.3. The van der Waals surface area contributed by atoms with Crippen molar-refractivity contribution in [1.82, 2.24) is 5.32 Å². The van der Waals surface area contributed by atoms with E-state index in [0.717, 1.165) is 0 Å². The molecule has 100 valence electrons. The van der Waals surface area contributed by atoms with Gasteiger partial charge in [0.2, 0.25) is 0 Å². The largest absolute Gasteiger partial charge is 0.459 e. The summed E-state index contributed by atoms with van der Waals surface area (Å²) in [6, 6.07) is -0.618. The Kier molecular flexibility index (Phi) is 4.06. The minimum absolute atomic E-state index is 0.0274. The fourth-order valence-electron chi connectivity index (χ4n) is 1.71. The van der Waals surface area contributed by atoms with Crippen LogP contribution in [0, 0.1) is 5.92 Å². The molecule has 1 heterocycles. The molecule has 0 amide bonds. The van der Waals surface area contributed by atoms with Crippen molar-refractivity contribution in [2.75, 3.05) is 6.54 Å². The van der Waals surface area contributed by atoms with E-state index < -0.39 is 29.7 Å². The summed E-state index contributed by atoms with van der Waals surface area (Å²) in [5, 5.41) is 2.60. The van der Waals surface area contributed by atoms with E-state index in [1.54, 1.807) is 20.8 Å². The third kappa shape index (κ3) is 4.53. The second kappa shape index (κ2) is 4.84. The second-order valence-corrected chi connectivity index (χ2v) is 5.31. The van der Waals surface area contributed by atoms with Gasteiger partial charge >= 0.3 is 12.1 Å². The molecule has 1 N–H and O–H groups in total. The zero-order valence-electron chi connectivity index (χ0n) is 10.2. The van der Waals surface area contributed by atoms with Crippen LogP contribution in [0.3, 0.4) is 0 Å². The average Bonchev–Trinajstić information content (AvgIpc) is 2.14. The molecule has 0 saturated carbocycles. The summed E-state index contributed by atoms with van der Waals surface area (Å²) in [6.45, 7) is 4.97. The number of carbonyl (C=O) groups excluding carboxylic acids is 1. The summed E-state index contributed by atoms with van der Waals surface area (Å²) in [5.74, 6) is -1.83. The number of hydrogen-bond acceptors (Lipinski definition) is 3. The summed E-state index contributed by atoms with van der Waals surface area (Å²) >= 11 is 0. The number of halogens is 3. The lowest BCUT2D eigenvalue weighted by atomic mass is 9.94. The number of carbonyl (C=O) groups is 1. The maximum Gasteiger partial charge on any atom is 0.393 e. The average molecular weight is 253 g/mol. The van der Waals surface area contributed by atoms with E-state index in [4.69, 9.17) is 4.74 Å². The monoisotopic (exact) mass is 253 g/mol. The van der Waals surface area contributed by atoms with Gasteiger partial charge in [-0.3, -0.25) is 4.79 Å². The number of rotatable bonds is 1. The smallest absolute Gasteiger partial charge is 0.393 e. The van der Waals surface area contributed by atoms with E-state index in [-0.39, 0.29) is 19.4 Å². The fourth-order valence-corrected chi connectivity index (χ4v) is 1.71. The van der Waals surface area contributed by atoms with Crippen LogP contribution in [0.4, 0.5) is 13.2 Å². The quantitative estimate of drug-likeness (QED) is 0.728. The second-order valence-electron chi connectivity index (χ2n) is 5.31. The minimum atomic E-state index is -4.19. The van der Waals surface area contributed by atoms with Crippen LogP contribution in [0.2, 0.25) is 0 Å². The summed E-state index contributed by atoms with van der Waals surface area (Å²) in [4.78, 5) is 11.6. The molecule has 2 atom stereocenters. The van der Waals surface area contributed by atoms with Gasteiger partial charge in [0, 0.05) is 6.54 Å². The van der Waals surface area contributed by atoms with Crippen molar-refractivity contribution in [3.05, 3.63) is 0 Å². The van der Waals surface area contributed by atoms with E-state index >= 15 is 0 Å². The normalized spacial score (nSPS) is 26.7. The number of hydrogen-bond donors (Lipinski definition) is 1. The highest BCUT2D eigenvalue weighted by molar-refractivity contribution is 5.76. The molecule has 1 saturated heterocycles. The summed E-state index contributed by atoms with van der Waals surface area (Å²) in [5.41, 5.74) is -0.611. The van der Waals surface area contributed by atoms with Crippen molar-refractivity contribution in [2.45, 2.75) is 51.4 Å². The topological polar surface area (TPSA) is 38.3 Å². The van der Waals surface area contributed by atoms with Gasteiger partial charge in [-0.25, -0.2) is 0 Å². The zero-order chi connectivity index (χ0) is 13.3. The van der Waals surface area contributed by atoms with Gasteiger partial charge in [-0.2, -0.15) is 13.2 Å². The third-order valence-corrected chi connectivity index (χ3v) is 2.57. The Bertz CT molecular complexity index is 275. The molecule has 6 heteroatoms. The number of piperidine rings is 1. The van der Waals surface area contributed by atoms with E-state index in [2.05, 4.69) is 5.32 Å². The Hall–Kier alpha value is -0.780. The van der Waals surface area contributed by atoms with E-state index in [0.29, 0.717) is 0 Å². The van der Waals surface area contributed by atoms with Crippen molar-refractivity contribution in [3.63, 3.8) is 0 Å². The van der Waals surface area contributed by atoms with Crippen LogP contribution in [0.15, 0.2) is 0 Å². The van der Waals surface area contributed by atoms with Crippen molar-refractivity contribution < 1.29 is 22.7 Å². The highest BCUT2D eigenvalue weighted by Crippen LogP contribution is 2.32. The Labute approximate surface area is 98.7 Å². The maximum atomic E-state index is 12.4. The molecule has 1 fully saturated rings. The molecular weight excluding hydrogens is 235 g/mol. The lowest BCUT2D eigenvalue weighted by molar-refractivity contribution is -0.183. The molecule has 17 heavy (non-hydrogen) atoms. The molecular formula is C11H18F3NO2. The van der Waals surface area contributed by atoms with Crippen LogP contribution in [0.1, 0.15) is 33.6 Å². The molecule has 0 spiro atoms. The van der Waals surface area contributed by atoms with Gasteiger partial charge in [0.1, 0.15) is 11.6 Å². The van der Waals surface area contributed by atoms with Gasteiger partial charge in [-0.1, -0.05) is 0 Å². The molecule has 1 rings (SSSR count). The van der Waals surface area contributed by atoms with Crippen molar-refractivity contribution in [2.24, 2.45) is 5.92 Å². The molecule has 0 aromatic rings. The molecule has 1 aliphatic rings. The minimum Gasteiger partial charge on any atom is -0.459 e. The van der Waals surface area contributed by atoms with Gasteiger partial charge in [0.15, 0.2) is 0 Å². The number of ether oxygens (including phenoxy) is 1. The SMILES string of the molecule is CC(C)(C)OC(=O)C1CCC(C(F)(F)F)CN1. The molecule has 0 bridgehead atoms. The van der Waals surface area contributed by atoms with Crippen LogP contribution in [0.5, 0.6) is 0 Å². The van der Waals surface area contributed by atoms with Crippen LogP contribution in [-0.2, 0) is 9.53 Å². The van der Waals surface area contributed by atoms with E-state index in [1.807, 2.05) is 0 Å². The number of alkyl halides is 3. The molecule has 0 aliphatic carbocycles. The number of nitrogens with one attached hydrogen (secondary N) is 1. The molecule has 0 aromatic heterocycles. The molecule has 3 nitrogen and oxygen atoms in total. The van der Waals surface area contributed by atoms with Gasteiger partial charge in [0.05, 0.1) is 5.92 Å². The van der Waals surface area contributed by atoms with Crippen molar-refractivity contribution in [3.8, 4) is 0 Å². The summed E-state index contributed by atoms with van der Waals surface area (Å²) in [6.07, 6.45) is -4.05. The van der Waals surface area contributed by atoms with Crippen LogP contribution < -0.4 is 5.32 Å². The highest BCUT2D eigenvalue weighted by Gasteiger charge is 2.43. The van der Waals surface area contributed by atoms with Crippen molar-refractivity contribution >= 4 is 5.97 Å². The van der Waals surface area contributed by atoms with Gasteiger partial charge in [-0.05, 0) is 33.6 Å². The predicted molar refractivity (Wildman–Crippen MR) is 56.4 cm³/mol. The molecule has 0 aromatic carbocycles. The molecule has 0 radical (unpaired) electrons. The standard InChI is InChI=1S/C11H18F3NO2/c1-10(2,3)17-9(16)8-5-4-7(6-15-8)11(12,13)14/h7-8,15H,4-6H2,1-3H3. The number of esters is 1. The first-order valence-corrected chi connectivity index (χ1v) is 5.62. The van der Waals surface area contributed by atoms with Gasteiger partial charge in [-0.15, -0.1) is 0 Å². The van der Waals surface area contributed by atoms with Crippen LogP contribution >= 0.6 is 0 Å². The maximum absolute atomic E-state index is 12.4. The summed E-state index contributed by atoms with van der Waals surface area (Å²) in [7, 11) is 0. The lowest BCUT2D eigenvalue weighted by Crippen LogP contribution is -2.49. The van der Waals surface area contributed by atoms with E-state index in [1.165, 1.54) is 0 Å². The highest BCUT2D eigenvalue weighted by atomic mass is 19.4. The first-order chi connectivity index (χ1) is 7.59. The van der Waals surface area contributed by atoms with Crippen molar-refractivity contribution in [1.29, 1.82) is 0 Å². The fraction of sp³-hybridized carbons (Fsp3) is 0.909. The Balaban J connectivity index is 2.45. The zero-order valence-corrected chi connectivity index (χ0v) is 10.2. The Morgan fingerprint density at radius 1 is 1.24 bits per heavy atom. The van der Waals surface area contributed by atoms with Gasteiger partial charge in [0.25, 0.3) is 0 Å². The third-order valence-electron chi connectivity index (χ3n) is 2.57. The lowest BCUT2D eigenvalue weighted by Gasteiger charge is -2.31. The molecule has 1 aliphatic heterocycles. The Morgan fingerprint density at radius 3 is 2.18 bits per heavy atom. The van der Waals surface area contributed by atoms with E-state index in [9.17, 15) is 18.0 Å². The van der Waals surface area contributed by atoms with Gasteiger partial charge < -0.3 is 10.1 Å². The molecule has 2 unspecified atom stereocenters. The summed E-state index contributed by atoms with van der Waals surface area (Å²) < 4.78 is 42.3.